The van der Waals surface area contributed by atoms with E-state index in [0.717, 1.165) is 11.0 Å². The zero-order chi connectivity index (χ0) is 10.5. The van der Waals surface area contributed by atoms with Gasteiger partial charge in [-0.2, -0.15) is 0 Å². The number of benzene rings is 2. The van der Waals surface area contributed by atoms with Gasteiger partial charge in [0.05, 0.1) is 0 Å². The number of nitrogens with two attached hydrogens (primary N) is 1. The van der Waals surface area contributed by atoms with Crippen molar-refractivity contribution in [1.29, 1.82) is 0 Å². The van der Waals surface area contributed by atoms with Crippen molar-refractivity contribution in [2.24, 2.45) is 0 Å². The topological polar surface area (TPSA) is 26.0 Å². The number of hydrogen-bond donors (Lipinski definition) is 1. The van der Waals surface area contributed by atoms with Crippen molar-refractivity contribution in [3.63, 3.8) is 0 Å². The van der Waals surface area contributed by atoms with Gasteiger partial charge in [-0.05, 0) is 0 Å². The van der Waals surface area contributed by atoms with Crippen LogP contribution in [0.3, 0.4) is 0 Å². The second-order valence-electron chi connectivity index (χ2n) is 3.30. The number of anilines is 1. The third-order valence-corrected chi connectivity index (χ3v) is 4.42. The maximum absolute atomic E-state index is 5.89. The summed E-state index contributed by atoms with van der Waals surface area (Å²) >= 11 is 0.483. The summed E-state index contributed by atoms with van der Waals surface area (Å²) in [5.41, 5.74) is 8.07. The molecule has 1 nitrogen and oxygen atoms in total. The second-order valence-corrected chi connectivity index (χ2v) is 5.50. The summed E-state index contributed by atoms with van der Waals surface area (Å²) in [6, 6.07) is 18.7. The van der Waals surface area contributed by atoms with Crippen molar-refractivity contribution in [3.8, 4) is 0 Å². The molecule has 0 unspecified atom stereocenters. The molecule has 0 atom stereocenters. The Balaban J connectivity index is 2.03. The monoisotopic (exact) mass is 263 g/mol. The quantitative estimate of drug-likeness (QED) is 0.662. The normalized spacial score (nSPS) is 10.1. The predicted molar refractivity (Wildman–Crippen MR) is 66.4 cm³/mol. The summed E-state index contributed by atoms with van der Waals surface area (Å²) in [4.78, 5) is 0. The van der Waals surface area contributed by atoms with E-state index in [0.29, 0.717) is 15.0 Å². The van der Waals surface area contributed by atoms with Crippen LogP contribution < -0.4 is 10.2 Å². The molecular weight excluding hydrogens is 249 g/mol. The van der Waals surface area contributed by atoms with Gasteiger partial charge in [0.25, 0.3) is 0 Å². The molecule has 2 rings (SSSR count). The van der Waals surface area contributed by atoms with Crippen LogP contribution in [0.25, 0.3) is 0 Å². The van der Waals surface area contributed by atoms with Gasteiger partial charge in [0.1, 0.15) is 0 Å². The van der Waals surface area contributed by atoms with E-state index in [-0.39, 0.29) is 0 Å². The van der Waals surface area contributed by atoms with E-state index in [2.05, 4.69) is 36.4 Å². The molecule has 2 N–H and O–H groups in total. The molecule has 0 aromatic heterocycles. The number of nitrogen functional groups attached to an aromatic ring is 1. The van der Waals surface area contributed by atoms with Crippen LogP contribution >= 0.6 is 0 Å². The minimum absolute atomic E-state index is 0.483. The van der Waals surface area contributed by atoms with Gasteiger partial charge in [-0.3, -0.25) is 0 Å². The first-order valence-corrected chi connectivity index (χ1v) is 6.94. The molecule has 0 radical (unpaired) electrons. The fourth-order valence-corrected chi connectivity index (χ4v) is 3.30. The Morgan fingerprint density at radius 1 is 0.867 bits per heavy atom. The molecule has 0 aliphatic rings. The molecule has 2 heteroatoms. The Morgan fingerprint density at radius 3 is 2.27 bits per heavy atom. The Bertz CT molecular complexity index is 426. The maximum atomic E-state index is 5.89. The summed E-state index contributed by atoms with van der Waals surface area (Å²) in [5, 5.41) is 1.07. The third kappa shape index (κ3) is 2.85. The van der Waals surface area contributed by atoms with Crippen LogP contribution in [-0.4, -0.2) is 15.0 Å². The van der Waals surface area contributed by atoms with E-state index in [4.69, 9.17) is 5.73 Å². The second kappa shape index (κ2) is 5.01. The van der Waals surface area contributed by atoms with Gasteiger partial charge in [-0.1, -0.05) is 0 Å². The summed E-state index contributed by atoms with van der Waals surface area (Å²) in [6.45, 7) is 0. The zero-order valence-corrected chi connectivity index (χ0v) is 10.1. The molecule has 0 amide bonds. The average molecular weight is 262 g/mol. The van der Waals surface area contributed by atoms with Crippen LogP contribution in [-0.2, 0) is 5.32 Å². The van der Waals surface area contributed by atoms with Gasteiger partial charge in [-0.25, -0.2) is 0 Å². The van der Waals surface area contributed by atoms with Gasteiger partial charge in [0, 0.05) is 0 Å². The predicted octanol–water partition coefficient (Wildman–Crippen LogP) is 1.80. The van der Waals surface area contributed by atoms with Gasteiger partial charge in [0.15, 0.2) is 0 Å². The molecule has 0 aliphatic heterocycles. The third-order valence-electron chi connectivity index (χ3n) is 2.19. The fourth-order valence-electron chi connectivity index (χ4n) is 1.34. The van der Waals surface area contributed by atoms with Crippen molar-refractivity contribution >= 4 is 25.1 Å². The van der Waals surface area contributed by atoms with E-state index in [1.807, 2.05) is 18.2 Å². The van der Waals surface area contributed by atoms with E-state index in [9.17, 15) is 0 Å². The van der Waals surface area contributed by atoms with Gasteiger partial charge in [-0.15, -0.1) is 0 Å². The first-order valence-electron chi connectivity index (χ1n) is 4.87. The Labute approximate surface area is 96.5 Å². The van der Waals surface area contributed by atoms with Crippen molar-refractivity contribution < 1.29 is 0 Å². The molecule has 2 aromatic rings. The molecule has 0 bridgehead atoms. The van der Waals surface area contributed by atoms with E-state index in [1.165, 1.54) is 10.0 Å². The summed E-state index contributed by atoms with van der Waals surface area (Å²) in [7, 11) is 0. The number of hydrogen-bond acceptors (Lipinski definition) is 1. The summed E-state index contributed by atoms with van der Waals surface area (Å²) in [6.07, 6.45) is 0. The fraction of sp³-hybridized carbons (Fsp3) is 0.0769. The number of para-hydroxylation sites is 1. The summed E-state index contributed by atoms with van der Waals surface area (Å²) in [5.74, 6) is 0. The standard InChI is InChI=1S/C13H13NSe/c14-13-9-5-4-6-11(13)10-15-12-7-2-1-3-8-12/h1-9H,10,14H2. The Hall–Kier alpha value is -1.24. The van der Waals surface area contributed by atoms with E-state index < -0.39 is 0 Å². The van der Waals surface area contributed by atoms with Crippen molar-refractivity contribution in [3.05, 3.63) is 60.2 Å². The molecule has 0 aliphatic carbocycles. The van der Waals surface area contributed by atoms with Crippen molar-refractivity contribution in [2.75, 3.05) is 5.73 Å². The van der Waals surface area contributed by atoms with Crippen LogP contribution in [0.4, 0.5) is 5.69 Å². The van der Waals surface area contributed by atoms with Crippen molar-refractivity contribution in [1.82, 2.24) is 0 Å². The van der Waals surface area contributed by atoms with Crippen molar-refractivity contribution in [2.45, 2.75) is 5.32 Å². The minimum atomic E-state index is 0.483. The SMILES string of the molecule is Nc1ccccc1C[Se]c1ccccc1. The van der Waals surface area contributed by atoms with Crippen LogP contribution in [0.15, 0.2) is 54.6 Å². The van der Waals surface area contributed by atoms with Crippen LogP contribution in [0.1, 0.15) is 5.56 Å². The Morgan fingerprint density at radius 2 is 1.53 bits per heavy atom. The van der Waals surface area contributed by atoms with Crippen LogP contribution in [0, 0.1) is 0 Å². The van der Waals surface area contributed by atoms with E-state index in [1.54, 1.807) is 0 Å². The zero-order valence-electron chi connectivity index (χ0n) is 8.39. The van der Waals surface area contributed by atoms with Crippen LogP contribution in [0.5, 0.6) is 0 Å². The molecule has 15 heavy (non-hydrogen) atoms. The first-order chi connectivity index (χ1) is 7.36. The Kier molecular flexibility index (Phi) is 3.44. The van der Waals surface area contributed by atoms with Gasteiger partial charge >= 0.3 is 96.3 Å². The molecule has 0 spiro atoms. The molecule has 76 valence electrons. The molecule has 2 aromatic carbocycles. The first kappa shape index (κ1) is 10.3. The summed E-state index contributed by atoms with van der Waals surface area (Å²) < 4.78 is 1.42. The molecule has 0 saturated carbocycles. The molecule has 0 saturated heterocycles. The molecular formula is C13H13NSe. The van der Waals surface area contributed by atoms with Gasteiger partial charge in [0.2, 0.25) is 0 Å². The average Bonchev–Trinajstić information content (AvgIpc) is 2.29. The number of rotatable bonds is 3. The molecule has 0 fully saturated rings. The molecule has 0 heterocycles. The van der Waals surface area contributed by atoms with Crippen LogP contribution in [0.2, 0.25) is 0 Å². The van der Waals surface area contributed by atoms with Gasteiger partial charge < -0.3 is 0 Å². The van der Waals surface area contributed by atoms with E-state index >= 15 is 0 Å².